The molecule has 0 aromatic heterocycles. The number of nitrogens with one attached hydrogen (secondary N) is 1. The van der Waals surface area contributed by atoms with Crippen LogP contribution in [0, 0.1) is 0 Å². The molecule has 7 nitrogen and oxygen atoms in total. The summed E-state index contributed by atoms with van der Waals surface area (Å²) in [6.45, 7) is -0.222. The topological polar surface area (TPSA) is 95.9 Å². The Labute approximate surface area is 153 Å². The Morgan fingerprint density at radius 3 is 2.72 bits per heavy atom. The van der Waals surface area contributed by atoms with Gasteiger partial charge in [-0.2, -0.15) is 0 Å². The summed E-state index contributed by atoms with van der Waals surface area (Å²) in [5.41, 5.74) is 0.427. The number of para-hydroxylation sites is 1. The molecule has 1 saturated heterocycles. The van der Waals surface area contributed by atoms with Gasteiger partial charge >= 0.3 is 5.97 Å². The number of alkyl halides is 1. The maximum atomic E-state index is 12.3. The highest BCUT2D eigenvalue weighted by atomic mass is 35.5. The number of hydrogen-bond donors (Lipinski definition) is 2. The van der Waals surface area contributed by atoms with E-state index in [1.807, 2.05) is 6.07 Å². The molecule has 2 amide bonds. The monoisotopic (exact) mass is 382 g/mol. The molecule has 1 unspecified atom stereocenters. The third kappa shape index (κ3) is 3.45. The standard InChI is InChI=1S/C16H15ClN2O5S/c17-6-9-8-25-15-12(14(21)19(15)13(9)16(22)23)18-11(20)7-24-10-4-2-1-3-5-10/h1-5,12,15H,6-8H2,(H,18,20)(H,22,23)/t12?,15-/m0/s1. The summed E-state index contributed by atoms with van der Waals surface area (Å²) in [4.78, 5) is 36.9. The van der Waals surface area contributed by atoms with Gasteiger partial charge in [0.1, 0.15) is 22.9 Å². The van der Waals surface area contributed by atoms with Gasteiger partial charge in [-0.15, -0.1) is 23.4 Å². The Morgan fingerprint density at radius 2 is 2.08 bits per heavy atom. The maximum Gasteiger partial charge on any atom is 0.352 e. The number of ether oxygens (including phenoxy) is 1. The number of benzene rings is 1. The van der Waals surface area contributed by atoms with Crippen LogP contribution in [0.5, 0.6) is 5.75 Å². The first-order chi connectivity index (χ1) is 12.0. The number of amides is 2. The second-order valence-electron chi connectivity index (χ2n) is 5.45. The summed E-state index contributed by atoms with van der Waals surface area (Å²) in [6.07, 6.45) is 0. The number of fused-ring (bicyclic) bond motifs is 1. The van der Waals surface area contributed by atoms with E-state index in [1.54, 1.807) is 24.3 Å². The lowest BCUT2D eigenvalue weighted by Crippen LogP contribution is -2.70. The molecule has 2 heterocycles. The lowest BCUT2D eigenvalue weighted by atomic mass is 10.0. The van der Waals surface area contributed by atoms with Crippen molar-refractivity contribution in [2.24, 2.45) is 0 Å². The van der Waals surface area contributed by atoms with Crippen LogP contribution in [-0.2, 0) is 14.4 Å². The van der Waals surface area contributed by atoms with Crippen molar-refractivity contribution in [1.29, 1.82) is 0 Å². The highest BCUT2D eigenvalue weighted by molar-refractivity contribution is 8.00. The largest absolute Gasteiger partial charge is 0.484 e. The normalized spacial score (nSPS) is 22.1. The second-order valence-corrected chi connectivity index (χ2v) is 6.82. The molecule has 25 heavy (non-hydrogen) atoms. The molecular formula is C16H15ClN2O5S. The van der Waals surface area contributed by atoms with Crippen LogP contribution in [0.1, 0.15) is 0 Å². The molecule has 132 valence electrons. The van der Waals surface area contributed by atoms with Gasteiger partial charge in [0.15, 0.2) is 6.61 Å². The zero-order chi connectivity index (χ0) is 18.0. The molecule has 0 spiro atoms. The van der Waals surface area contributed by atoms with Crippen molar-refractivity contribution in [3.05, 3.63) is 41.6 Å². The number of halogens is 1. The number of carboxylic acid groups (broad SMARTS) is 1. The molecule has 2 atom stereocenters. The van der Waals surface area contributed by atoms with E-state index < -0.39 is 29.2 Å². The molecule has 9 heteroatoms. The molecule has 0 saturated carbocycles. The van der Waals surface area contributed by atoms with Gasteiger partial charge in [0.25, 0.3) is 11.8 Å². The number of nitrogens with zero attached hydrogens (tertiary/aromatic N) is 1. The van der Waals surface area contributed by atoms with Gasteiger partial charge in [0, 0.05) is 11.6 Å². The smallest absolute Gasteiger partial charge is 0.352 e. The lowest BCUT2D eigenvalue weighted by Gasteiger charge is -2.49. The van der Waals surface area contributed by atoms with Crippen molar-refractivity contribution in [2.45, 2.75) is 11.4 Å². The Bertz CT molecular complexity index is 739. The number of carboxylic acids is 1. The molecule has 1 aromatic rings. The van der Waals surface area contributed by atoms with E-state index in [0.717, 1.165) is 0 Å². The lowest BCUT2D eigenvalue weighted by molar-refractivity contribution is -0.150. The molecule has 1 aromatic carbocycles. The number of aliphatic carboxylic acids is 1. The third-order valence-electron chi connectivity index (χ3n) is 3.84. The van der Waals surface area contributed by atoms with Gasteiger partial charge in [-0.1, -0.05) is 18.2 Å². The minimum absolute atomic E-state index is 0.0487. The van der Waals surface area contributed by atoms with Crippen molar-refractivity contribution in [1.82, 2.24) is 10.2 Å². The van der Waals surface area contributed by atoms with E-state index >= 15 is 0 Å². The summed E-state index contributed by atoms with van der Waals surface area (Å²) >= 11 is 7.14. The Balaban J connectivity index is 1.61. The fourth-order valence-electron chi connectivity index (χ4n) is 2.67. The molecule has 2 aliphatic heterocycles. The van der Waals surface area contributed by atoms with Gasteiger partial charge in [0.2, 0.25) is 0 Å². The van der Waals surface area contributed by atoms with Crippen molar-refractivity contribution < 1.29 is 24.2 Å². The molecule has 1 fully saturated rings. The van der Waals surface area contributed by atoms with Crippen molar-refractivity contribution in [2.75, 3.05) is 18.2 Å². The van der Waals surface area contributed by atoms with Crippen LogP contribution in [0.15, 0.2) is 41.6 Å². The van der Waals surface area contributed by atoms with E-state index in [2.05, 4.69) is 5.32 Å². The van der Waals surface area contributed by atoms with Crippen LogP contribution >= 0.6 is 23.4 Å². The molecule has 0 aliphatic carbocycles. The van der Waals surface area contributed by atoms with E-state index in [4.69, 9.17) is 16.3 Å². The molecule has 3 rings (SSSR count). The molecule has 2 aliphatic rings. The second kappa shape index (κ2) is 7.37. The summed E-state index contributed by atoms with van der Waals surface area (Å²) in [5, 5.41) is 11.5. The first-order valence-electron chi connectivity index (χ1n) is 7.46. The predicted molar refractivity (Wildman–Crippen MR) is 92.3 cm³/mol. The van der Waals surface area contributed by atoms with Crippen LogP contribution in [0.2, 0.25) is 0 Å². The zero-order valence-corrected chi connectivity index (χ0v) is 14.5. The first-order valence-corrected chi connectivity index (χ1v) is 9.04. The van der Waals surface area contributed by atoms with Crippen LogP contribution in [0.4, 0.5) is 0 Å². The number of carbonyl (C=O) groups is 3. The summed E-state index contributed by atoms with van der Waals surface area (Å²) < 4.78 is 5.34. The number of carbonyl (C=O) groups excluding carboxylic acids is 2. The minimum Gasteiger partial charge on any atom is -0.484 e. The highest BCUT2D eigenvalue weighted by Gasteiger charge is 2.54. The van der Waals surface area contributed by atoms with Gasteiger partial charge in [-0.25, -0.2) is 4.79 Å². The molecule has 0 radical (unpaired) electrons. The van der Waals surface area contributed by atoms with Crippen LogP contribution in [0.3, 0.4) is 0 Å². The summed E-state index contributed by atoms with van der Waals surface area (Å²) in [6, 6.07) is 8.08. The molecular weight excluding hydrogens is 368 g/mol. The van der Waals surface area contributed by atoms with E-state index in [-0.39, 0.29) is 18.2 Å². The van der Waals surface area contributed by atoms with Crippen molar-refractivity contribution in [3.63, 3.8) is 0 Å². The van der Waals surface area contributed by atoms with Crippen LogP contribution in [0.25, 0.3) is 0 Å². The van der Waals surface area contributed by atoms with E-state index in [9.17, 15) is 19.5 Å². The summed E-state index contributed by atoms with van der Waals surface area (Å²) in [5.74, 6) is -1.07. The fraction of sp³-hybridized carbons (Fsp3) is 0.312. The predicted octanol–water partition coefficient (Wildman–Crippen LogP) is 1.04. The third-order valence-corrected chi connectivity index (χ3v) is 5.50. The van der Waals surface area contributed by atoms with Gasteiger partial charge in [-0.05, 0) is 17.7 Å². The highest BCUT2D eigenvalue weighted by Crippen LogP contribution is 2.40. The average molecular weight is 383 g/mol. The number of β-lactam (4-membered cyclic amide) rings is 1. The quantitative estimate of drug-likeness (QED) is 0.564. The zero-order valence-electron chi connectivity index (χ0n) is 13.0. The van der Waals surface area contributed by atoms with Gasteiger partial charge in [-0.3, -0.25) is 14.5 Å². The average Bonchev–Trinajstić information content (AvgIpc) is 2.63. The maximum absolute atomic E-state index is 12.3. The van der Waals surface area contributed by atoms with Crippen molar-refractivity contribution >= 4 is 41.1 Å². The van der Waals surface area contributed by atoms with Gasteiger partial charge < -0.3 is 15.2 Å². The summed E-state index contributed by atoms with van der Waals surface area (Å²) in [7, 11) is 0. The number of rotatable bonds is 6. The molecule has 2 N–H and O–H groups in total. The SMILES string of the molecule is O=C(COc1ccccc1)NC1C(=O)N2C(C(=O)O)=C(CCl)CS[C@@H]12. The Kier molecular flexibility index (Phi) is 5.19. The Morgan fingerprint density at radius 1 is 1.36 bits per heavy atom. The van der Waals surface area contributed by atoms with Crippen LogP contribution < -0.4 is 10.1 Å². The van der Waals surface area contributed by atoms with Gasteiger partial charge in [0.05, 0.1) is 0 Å². The number of hydrogen-bond acceptors (Lipinski definition) is 5. The first kappa shape index (κ1) is 17.6. The minimum atomic E-state index is -1.19. The van der Waals surface area contributed by atoms with E-state index in [0.29, 0.717) is 17.1 Å². The Hall–Kier alpha value is -2.19. The van der Waals surface area contributed by atoms with Crippen molar-refractivity contribution in [3.8, 4) is 5.75 Å². The van der Waals surface area contributed by atoms with Crippen LogP contribution in [-0.4, -0.2) is 57.4 Å². The molecule has 0 bridgehead atoms. The van der Waals surface area contributed by atoms with E-state index in [1.165, 1.54) is 16.7 Å². The fourth-order valence-corrected chi connectivity index (χ4v) is 4.35. The number of thioether (sulfide) groups is 1.